The van der Waals surface area contributed by atoms with Crippen molar-refractivity contribution in [3.63, 3.8) is 0 Å². The Balaban J connectivity index is 2.31. The first-order valence-corrected chi connectivity index (χ1v) is 6.93. The molecule has 2 rings (SSSR count). The minimum atomic E-state index is -0.630. The number of methoxy groups -OCH3 is 1. The number of nitriles is 1. The van der Waals surface area contributed by atoms with E-state index in [1.807, 2.05) is 0 Å². The second-order valence-electron chi connectivity index (χ2n) is 4.72. The Morgan fingerprint density at radius 2 is 2.17 bits per heavy atom. The molecule has 23 heavy (non-hydrogen) atoms. The third-order valence-corrected chi connectivity index (χ3v) is 3.44. The second kappa shape index (κ2) is 6.94. The van der Waals surface area contributed by atoms with Gasteiger partial charge in [0.2, 0.25) is 5.69 Å². The van der Waals surface area contributed by atoms with Crippen molar-refractivity contribution < 1.29 is 9.66 Å². The van der Waals surface area contributed by atoms with Gasteiger partial charge in [-0.25, -0.2) is 4.98 Å². The number of aromatic nitrogens is 1. The molecular formula is C15H13ClN4O3. The zero-order valence-corrected chi connectivity index (χ0v) is 13.2. The molecule has 0 saturated carbocycles. The predicted molar refractivity (Wildman–Crippen MR) is 85.7 cm³/mol. The van der Waals surface area contributed by atoms with Crippen LogP contribution in [0.3, 0.4) is 0 Å². The molecule has 1 aromatic carbocycles. The fourth-order valence-electron chi connectivity index (χ4n) is 2.09. The standard InChI is InChI=1S/C15H13ClN4O3/c1-19(9-10-7-11(16)3-5-14(10)23-2)15-6-4-13(20(21)22)12(8-17)18-15/h3-7H,9H2,1-2H3. The number of rotatable bonds is 5. The summed E-state index contributed by atoms with van der Waals surface area (Å²) in [5, 5.41) is 20.4. The maximum Gasteiger partial charge on any atom is 0.305 e. The van der Waals surface area contributed by atoms with Crippen LogP contribution in [0.25, 0.3) is 0 Å². The number of benzene rings is 1. The SMILES string of the molecule is COc1ccc(Cl)cc1CN(C)c1ccc([N+](=O)[O-])c(C#N)n1. The topological polar surface area (TPSA) is 92.3 Å². The maximum absolute atomic E-state index is 10.8. The number of anilines is 1. The van der Waals surface area contributed by atoms with Gasteiger partial charge in [0.25, 0.3) is 0 Å². The molecule has 118 valence electrons. The van der Waals surface area contributed by atoms with Gasteiger partial charge in [-0.15, -0.1) is 0 Å². The molecule has 0 fully saturated rings. The Hall–Kier alpha value is -2.85. The molecule has 7 nitrogen and oxygen atoms in total. The fourth-order valence-corrected chi connectivity index (χ4v) is 2.29. The third kappa shape index (κ3) is 3.67. The number of hydrogen-bond acceptors (Lipinski definition) is 6. The maximum atomic E-state index is 10.8. The lowest BCUT2D eigenvalue weighted by molar-refractivity contribution is -0.385. The third-order valence-electron chi connectivity index (χ3n) is 3.20. The molecule has 0 aliphatic heterocycles. The van der Waals surface area contributed by atoms with Crippen LogP contribution >= 0.6 is 11.6 Å². The number of nitrogens with zero attached hydrogens (tertiary/aromatic N) is 4. The van der Waals surface area contributed by atoms with Crippen LogP contribution < -0.4 is 9.64 Å². The molecule has 0 unspecified atom stereocenters. The summed E-state index contributed by atoms with van der Waals surface area (Å²) < 4.78 is 5.29. The van der Waals surface area contributed by atoms with Gasteiger partial charge in [-0.2, -0.15) is 5.26 Å². The minimum absolute atomic E-state index is 0.225. The molecule has 0 bridgehead atoms. The van der Waals surface area contributed by atoms with Gasteiger partial charge in [0.1, 0.15) is 17.6 Å². The molecule has 1 aromatic heterocycles. The van der Waals surface area contributed by atoms with Crippen molar-refractivity contribution in [1.82, 2.24) is 4.98 Å². The summed E-state index contributed by atoms with van der Waals surface area (Å²) in [4.78, 5) is 16.0. The molecule has 0 aliphatic rings. The van der Waals surface area contributed by atoms with Crippen LogP contribution in [-0.4, -0.2) is 24.1 Å². The summed E-state index contributed by atoms with van der Waals surface area (Å²) >= 11 is 6.00. The van der Waals surface area contributed by atoms with E-state index >= 15 is 0 Å². The van der Waals surface area contributed by atoms with E-state index in [1.54, 1.807) is 43.3 Å². The number of hydrogen-bond donors (Lipinski definition) is 0. The molecule has 0 radical (unpaired) electrons. The summed E-state index contributed by atoms with van der Waals surface area (Å²) in [6.45, 7) is 0.416. The van der Waals surface area contributed by atoms with Gasteiger partial charge in [-0.3, -0.25) is 10.1 Å². The lowest BCUT2D eigenvalue weighted by Crippen LogP contribution is -2.18. The monoisotopic (exact) mass is 332 g/mol. The van der Waals surface area contributed by atoms with E-state index in [1.165, 1.54) is 12.1 Å². The highest BCUT2D eigenvalue weighted by Gasteiger charge is 2.17. The highest BCUT2D eigenvalue weighted by molar-refractivity contribution is 6.30. The molecule has 2 aromatic rings. The number of halogens is 1. The van der Waals surface area contributed by atoms with E-state index in [4.69, 9.17) is 21.6 Å². The molecule has 8 heteroatoms. The van der Waals surface area contributed by atoms with Crippen LogP contribution in [0.2, 0.25) is 5.02 Å². The van der Waals surface area contributed by atoms with Crippen molar-refractivity contribution in [1.29, 1.82) is 5.26 Å². The Bertz CT molecular complexity index is 789. The minimum Gasteiger partial charge on any atom is -0.496 e. The van der Waals surface area contributed by atoms with Gasteiger partial charge in [0.15, 0.2) is 0 Å². The molecule has 0 saturated heterocycles. The summed E-state index contributed by atoms with van der Waals surface area (Å²) in [7, 11) is 3.32. The van der Waals surface area contributed by atoms with Crippen molar-refractivity contribution in [3.05, 3.63) is 56.7 Å². The van der Waals surface area contributed by atoms with Crippen molar-refractivity contribution in [2.45, 2.75) is 6.54 Å². The summed E-state index contributed by atoms with van der Waals surface area (Å²) in [5.74, 6) is 1.11. The van der Waals surface area contributed by atoms with Crippen LogP contribution in [0.5, 0.6) is 5.75 Å². The average Bonchev–Trinajstić information content (AvgIpc) is 2.54. The summed E-state index contributed by atoms with van der Waals surface area (Å²) in [5.41, 5.74) is 0.295. The lowest BCUT2D eigenvalue weighted by Gasteiger charge is -2.20. The predicted octanol–water partition coefficient (Wildman–Crippen LogP) is 3.16. The molecule has 1 heterocycles. The largest absolute Gasteiger partial charge is 0.496 e. The first-order valence-electron chi connectivity index (χ1n) is 6.55. The Labute approximate surface area is 137 Å². The van der Waals surface area contributed by atoms with E-state index in [0.29, 0.717) is 23.1 Å². The molecule has 0 amide bonds. The molecule has 0 N–H and O–H groups in total. The fraction of sp³-hybridized carbons (Fsp3) is 0.200. The quantitative estimate of drug-likeness (QED) is 0.616. The first kappa shape index (κ1) is 16.5. The Morgan fingerprint density at radius 3 is 2.78 bits per heavy atom. The van der Waals surface area contributed by atoms with Gasteiger partial charge in [-0.1, -0.05) is 11.6 Å². The number of nitro groups is 1. The van der Waals surface area contributed by atoms with Gasteiger partial charge < -0.3 is 9.64 Å². The van der Waals surface area contributed by atoms with Gasteiger partial charge in [-0.05, 0) is 24.3 Å². The smallest absolute Gasteiger partial charge is 0.305 e. The van der Waals surface area contributed by atoms with Crippen molar-refractivity contribution in [2.75, 3.05) is 19.1 Å². The normalized spacial score (nSPS) is 10.0. The van der Waals surface area contributed by atoms with Crippen LogP contribution in [0.15, 0.2) is 30.3 Å². The van der Waals surface area contributed by atoms with Gasteiger partial charge in [0.05, 0.1) is 12.0 Å². The highest BCUT2D eigenvalue weighted by atomic mass is 35.5. The summed E-state index contributed by atoms with van der Waals surface area (Å²) in [6, 6.07) is 9.76. The van der Waals surface area contributed by atoms with Crippen LogP contribution in [-0.2, 0) is 6.54 Å². The highest BCUT2D eigenvalue weighted by Crippen LogP contribution is 2.26. The molecule has 0 atom stereocenters. The van der Waals surface area contributed by atoms with E-state index in [9.17, 15) is 10.1 Å². The summed E-state index contributed by atoms with van der Waals surface area (Å²) in [6.07, 6.45) is 0. The van der Waals surface area contributed by atoms with E-state index in [0.717, 1.165) is 5.56 Å². The van der Waals surface area contributed by atoms with Crippen LogP contribution in [0.1, 0.15) is 11.3 Å². The Kier molecular flexibility index (Phi) is 4.98. The van der Waals surface area contributed by atoms with Crippen molar-refractivity contribution >= 4 is 23.1 Å². The second-order valence-corrected chi connectivity index (χ2v) is 5.15. The van der Waals surface area contributed by atoms with E-state index in [-0.39, 0.29) is 11.4 Å². The van der Waals surface area contributed by atoms with E-state index in [2.05, 4.69) is 4.98 Å². The van der Waals surface area contributed by atoms with E-state index < -0.39 is 4.92 Å². The lowest BCUT2D eigenvalue weighted by atomic mass is 10.2. The van der Waals surface area contributed by atoms with Crippen molar-refractivity contribution in [2.24, 2.45) is 0 Å². The van der Waals surface area contributed by atoms with Gasteiger partial charge >= 0.3 is 5.69 Å². The molecule has 0 aliphatic carbocycles. The molecule has 0 spiro atoms. The zero-order chi connectivity index (χ0) is 17.0. The number of pyridine rings is 1. The Morgan fingerprint density at radius 1 is 1.43 bits per heavy atom. The van der Waals surface area contributed by atoms with Crippen LogP contribution in [0, 0.1) is 21.4 Å². The van der Waals surface area contributed by atoms with Gasteiger partial charge in [0, 0.05) is 30.2 Å². The molecular weight excluding hydrogens is 320 g/mol. The number of ether oxygens (including phenoxy) is 1. The van der Waals surface area contributed by atoms with Crippen molar-refractivity contribution in [3.8, 4) is 11.8 Å². The first-order chi connectivity index (χ1) is 11.0. The van der Waals surface area contributed by atoms with Crippen LogP contribution in [0.4, 0.5) is 11.5 Å². The average molecular weight is 333 g/mol. The zero-order valence-electron chi connectivity index (χ0n) is 12.5.